The third kappa shape index (κ3) is 3.21. The van der Waals surface area contributed by atoms with Gasteiger partial charge in [-0.3, -0.25) is 4.79 Å². The number of hydrogen-bond donors (Lipinski definition) is 2. The molecule has 0 radical (unpaired) electrons. The molecular weight excluding hydrogens is 288 g/mol. The fraction of sp³-hybridized carbons (Fsp3) is 0.211. The number of aromatic nitrogens is 1. The van der Waals surface area contributed by atoms with Crippen LogP contribution in [0.2, 0.25) is 0 Å². The number of carbonyl (C=O) groups excluding carboxylic acids is 1. The highest BCUT2D eigenvalue weighted by molar-refractivity contribution is 5.98. The molecule has 0 fully saturated rings. The first-order chi connectivity index (χ1) is 11.1. The number of H-pyrrole nitrogens is 1. The summed E-state index contributed by atoms with van der Waals surface area (Å²) in [7, 11) is 1.63. The molecule has 0 saturated heterocycles. The summed E-state index contributed by atoms with van der Waals surface area (Å²) in [5.41, 5.74) is 4.93. The summed E-state index contributed by atoms with van der Waals surface area (Å²) in [6.45, 7) is 4.57. The fourth-order valence-corrected chi connectivity index (χ4v) is 2.78. The highest BCUT2D eigenvalue weighted by Gasteiger charge is 2.11. The molecule has 23 heavy (non-hydrogen) atoms. The lowest BCUT2D eigenvalue weighted by atomic mass is 10.1. The van der Waals surface area contributed by atoms with Crippen molar-refractivity contribution in [2.45, 2.75) is 20.4 Å². The van der Waals surface area contributed by atoms with E-state index in [1.165, 1.54) is 11.1 Å². The summed E-state index contributed by atoms with van der Waals surface area (Å²) in [5, 5.41) is 4.02. The van der Waals surface area contributed by atoms with Gasteiger partial charge in [-0.1, -0.05) is 18.2 Å². The fourth-order valence-electron chi connectivity index (χ4n) is 2.78. The SMILES string of the molecule is COc1cccc(CNC(=O)c2cc3c(C)cc(C)cc3[nH]2)c1. The van der Waals surface area contributed by atoms with Gasteiger partial charge in [-0.05, 0) is 54.8 Å². The number of methoxy groups -OCH3 is 1. The third-order valence-electron chi connectivity index (χ3n) is 3.92. The lowest BCUT2D eigenvalue weighted by Gasteiger charge is -2.06. The Bertz CT molecular complexity index is 865. The second-order valence-corrected chi connectivity index (χ2v) is 5.76. The van der Waals surface area contributed by atoms with E-state index in [9.17, 15) is 4.79 Å². The lowest BCUT2D eigenvalue weighted by Crippen LogP contribution is -2.23. The molecule has 3 rings (SSSR count). The first-order valence-corrected chi connectivity index (χ1v) is 7.58. The van der Waals surface area contributed by atoms with Gasteiger partial charge in [-0.25, -0.2) is 0 Å². The van der Waals surface area contributed by atoms with Crippen molar-refractivity contribution in [3.63, 3.8) is 0 Å². The average Bonchev–Trinajstić information content (AvgIpc) is 2.97. The van der Waals surface area contributed by atoms with E-state index in [0.29, 0.717) is 12.2 Å². The third-order valence-corrected chi connectivity index (χ3v) is 3.92. The summed E-state index contributed by atoms with van der Waals surface area (Å²) in [6, 6.07) is 13.8. The summed E-state index contributed by atoms with van der Waals surface area (Å²) in [6.07, 6.45) is 0. The molecule has 2 N–H and O–H groups in total. The van der Waals surface area contributed by atoms with Crippen molar-refractivity contribution < 1.29 is 9.53 Å². The van der Waals surface area contributed by atoms with Crippen LogP contribution in [0.4, 0.5) is 0 Å². The molecule has 2 aromatic carbocycles. The Kier molecular flexibility index (Phi) is 4.06. The van der Waals surface area contributed by atoms with Crippen molar-refractivity contribution >= 4 is 16.8 Å². The molecular formula is C19H20N2O2. The second kappa shape index (κ2) is 6.16. The molecule has 118 valence electrons. The van der Waals surface area contributed by atoms with E-state index in [1.807, 2.05) is 30.3 Å². The van der Waals surface area contributed by atoms with Crippen molar-refractivity contribution in [2.24, 2.45) is 0 Å². The summed E-state index contributed by atoms with van der Waals surface area (Å²) in [5.74, 6) is 0.675. The first-order valence-electron chi connectivity index (χ1n) is 7.58. The zero-order chi connectivity index (χ0) is 16.4. The van der Waals surface area contributed by atoms with E-state index in [1.54, 1.807) is 7.11 Å². The standard InChI is InChI=1S/C19H20N2O2/c1-12-7-13(2)16-10-18(21-17(16)8-12)19(22)20-11-14-5-4-6-15(9-14)23-3/h4-10,21H,11H2,1-3H3,(H,20,22). The van der Waals surface area contributed by atoms with Gasteiger partial charge in [0.2, 0.25) is 0 Å². The molecule has 0 unspecified atom stereocenters. The zero-order valence-electron chi connectivity index (χ0n) is 13.6. The van der Waals surface area contributed by atoms with Crippen LogP contribution in [-0.2, 0) is 6.54 Å². The molecule has 3 aromatic rings. The van der Waals surface area contributed by atoms with E-state index in [0.717, 1.165) is 22.2 Å². The minimum Gasteiger partial charge on any atom is -0.497 e. The van der Waals surface area contributed by atoms with Crippen molar-refractivity contribution in [1.82, 2.24) is 10.3 Å². The number of carbonyl (C=O) groups is 1. The van der Waals surface area contributed by atoms with Crippen LogP contribution < -0.4 is 10.1 Å². The number of aromatic amines is 1. The Balaban J connectivity index is 1.76. The van der Waals surface area contributed by atoms with Crippen LogP contribution in [0.1, 0.15) is 27.2 Å². The first kappa shape index (κ1) is 15.2. The van der Waals surface area contributed by atoms with Gasteiger partial charge in [0.05, 0.1) is 7.11 Å². The maximum atomic E-state index is 12.4. The molecule has 0 atom stereocenters. The van der Waals surface area contributed by atoms with Gasteiger partial charge >= 0.3 is 0 Å². The smallest absolute Gasteiger partial charge is 0.267 e. The van der Waals surface area contributed by atoms with Gasteiger partial charge in [0.25, 0.3) is 5.91 Å². The topological polar surface area (TPSA) is 54.1 Å². The van der Waals surface area contributed by atoms with Crippen LogP contribution in [0, 0.1) is 13.8 Å². The number of amides is 1. The van der Waals surface area contributed by atoms with Gasteiger partial charge in [0, 0.05) is 17.4 Å². The highest BCUT2D eigenvalue weighted by atomic mass is 16.5. The van der Waals surface area contributed by atoms with Crippen LogP contribution in [0.15, 0.2) is 42.5 Å². The van der Waals surface area contributed by atoms with Crippen molar-refractivity contribution in [1.29, 1.82) is 0 Å². The van der Waals surface area contributed by atoms with Crippen LogP contribution in [0.5, 0.6) is 5.75 Å². The van der Waals surface area contributed by atoms with Crippen LogP contribution in [0.3, 0.4) is 0 Å². The van der Waals surface area contributed by atoms with Gasteiger partial charge < -0.3 is 15.0 Å². The quantitative estimate of drug-likeness (QED) is 0.771. The molecule has 4 heteroatoms. The van der Waals surface area contributed by atoms with Crippen LogP contribution in [-0.4, -0.2) is 18.0 Å². The van der Waals surface area contributed by atoms with Crippen molar-refractivity contribution in [2.75, 3.05) is 7.11 Å². The Morgan fingerprint density at radius 3 is 2.78 bits per heavy atom. The average molecular weight is 308 g/mol. The van der Waals surface area contributed by atoms with Crippen molar-refractivity contribution in [3.05, 3.63) is 64.8 Å². The maximum Gasteiger partial charge on any atom is 0.267 e. The lowest BCUT2D eigenvalue weighted by molar-refractivity contribution is 0.0946. The number of aryl methyl sites for hydroxylation is 2. The Morgan fingerprint density at radius 1 is 1.17 bits per heavy atom. The molecule has 1 amide bonds. The van der Waals surface area contributed by atoms with E-state index < -0.39 is 0 Å². The zero-order valence-corrected chi connectivity index (χ0v) is 13.6. The minimum absolute atomic E-state index is 0.110. The molecule has 0 spiro atoms. The molecule has 0 aliphatic heterocycles. The van der Waals surface area contributed by atoms with Crippen molar-refractivity contribution in [3.8, 4) is 5.75 Å². The molecule has 1 aromatic heterocycles. The van der Waals surface area contributed by atoms with Gasteiger partial charge in [-0.15, -0.1) is 0 Å². The highest BCUT2D eigenvalue weighted by Crippen LogP contribution is 2.21. The largest absolute Gasteiger partial charge is 0.497 e. The number of hydrogen-bond acceptors (Lipinski definition) is 2. The molecule has 1 heterocycles. The summed E-state index contributed by atoms with van der Waals surface area (Å²) >= 11 is 0. The molecule has 0 aliphatic rings. The molecule has 0 bridgehead atoms. The van der Waals surface area contributed by atoms with Crippen LogP contribution >= 0.6 is 0 Å². The predicted molar refractivity (Wildman–Crippen MR) is 91.9 cm³/mol. The normalized spacial score (nSPS) is 10.7. The monoisotopic (exact) mass is 308 g/mol. The van der Waals surface area contributed by atoms with E-state index in [2.05, 4.69) is 36.3 Å². The van der Waals surface area contributed by atoms with E-state index in [-0.39, 0.29) is 5.91 Å². The Hall–Kier alpha value is -2.75. The molecule has 0 aliphatic carbocycles. The predicted octanol–water partition coefficient (Wildman–Crippen LogP) is 3.72. The number of ether oxygens (including phenoxy) is 1. The number of rotatable bonds is 4. The minimum atomic E-state index is -0.110. The second-order valence-electron chi connectivity index (χ2n) is 5.76. The van der Waals surface area contributed by atoms with E-state index in [4.69, 9.17) is 4.74 Å². The van der Waals surface area contributed by atoms with Gasteiger partial charge in [-0.2, -0.15) is 0 Å². The van der Waals surface area contributed by atoms with Crippen LogP contribution in [0.25, 0.3) is 10.9 Å². The summed E-state index contributed by atoms with van der Waals surface area (Å²) in [4.78, 5) is 15.6. The Morgan fingerprint density at radius 2 is 2.00 bits per heavy atom. The Labute approximate surface area is 135 Å². The van der Waals surface area contributed by atoms with Gasteiger partial charge in [0.15, 0.2) is 0 Å². The van der Waals surface area contributed by atoms with E-state index >= 15 is 0 Å². The molecule has 4 nitrogen and oxygen atoms in total. The molecule has 0 saturated carbocycles. The number of fused-ring (bicyclic) bond motifs is 1. The summed E-state index contributed by atoms with van der Waals surface area (Å²) < 4.78 is 5.19. The number of benzene rings is 2. The number of nitrogens with one attached hydrogen (secondary N) is 2. The maximum absolute atomic E-state index is 12.4. The van der Waals surface area contributed by atoms with Gasteiger partial charge in [0.1, 0.15) is 11.4 Å².